The molecule has 0 bridgehead atoms. The van der Waals surface area contributed by atoms with E-state index in [-0.39, 0.29) is 12.1 Å². The SMILES string of the molecule is CC1CCOC1Cn1cnc(N)nc1=S. The summed E-state index contributed by atoms with van der Waals surface area (Å²) in [6.07, 6.45) is 2.94. The van der Waals surface area contributed by atoms with E-state index in [4.69, 9.17) is 22.7 Å². The summed E-state index contributed by atoms with van der Waals surface area (Å²) in [6, 6.07) is 0. The Hall–Kier alpha value is -1.01. The molecule has 0 aromatic carbocycles. The zero-order valence-corrected chi connectivity index (χ0v) is 9.41. The standard InChI is InChI=1S/C9H14N4OS/c1-6-2-3-14-7(6)4-13-5-11-8(10)12-9(13)15/h5-7H,2-4H2,1H3,(H2,10,12,15). The van der Waals surface area contributed by atoms with Crippen LogP contribution in [0.5, 0.6) is 0 Å². The molecule has 2 unspecified atom stereocenters. The lowest BCUT2D eigenvalue weighted by Gasteiger charge is -2.15. The van der Waals surface area contributed by atoms with Crippen LogP contribution in [-0.2, 0) is 11.3 Å². The average molecular weight is 226 g/mol. The summed E-state index contributed by atoms with van der Waals surface area (Å²) >= 11 is 5.09. The average Bonchev–Trinajstić information content (AvgIpc) is 2.57. The Morgan fingerprint density at radius 1 is 1.73 bits per heavy atom. The minimum atomic E-state index is 0.212. The van der Waals surface area contributed by atoms with Crippen LogP contribution in [0.2, 0.25) is 0 Å². The lowest BCUT2D eigenvalue weighted by atomic mass is 10.0. The van der Waals surface area contributed by atoms with E-state index >= 15 is 0 Å². The lowest BCUT2D eigenvalue weighted by molar-refractivity contribution is 0.0788. The molecular formula is C9H14N4OS. The molecule has 0 spiro atoms. The maximum atomic E-state index is 5.60. The number of anilines is 1. The third-order valence-corrected chi connectivity index (χ3v) is 3.03. The van der Waals surface area contributed by atoms with E-state index in [0.29, 0.717) is 17.2 Å². The topological polar surface area (TPSA) is 66.0 Å². The van der Waals surface area contributed by atoms with Crippen molar-refractivity contribution < 1.29 is 4.74 Å². The van der Waals surface area contributed by atoms with E-state index < -0.39 is 0 Å². The van der Waals surface area contributed by atoms with Crippen molar-refractivity contribution in [3.05, 3.63) is 11.1 Å². The van der Waals surface area contributed by atoms with E-state index in [1.165, 1.54) is 0 Å². The van der Waals surface area contributed by atoms with Crippen LogP contribution < -0.4 is 5.73 Å². The molecule has 2 atom stereocenters. The van der Waals surface area contributed by atoms with Crippen LogP contribution in [0.25, 0.3) is 0 Å². The molecular weight excluding hydrogens is 212 g/mol. The summed E-state index contributed by atoms with van der Waals surface area (Å²) in [5.74, 6) is 0.779. The molecule has 1 aliphatic rings. The van der Waals surface area contributed by atoms with Crippen molar-refractivity contribution in [3.8, 4) is 0 Å². The van der Waals surface area contributed by atoms with Gasteiger partial charge in [0.1, 0.15) is 6.33 Å². The van der Waals surface area contributed by atoms with Crippen molar-refractivity contribution in [3.63, 3.8) is 0 Å². The quantitative estimate of drug-likeness (QED) is 0.762. The van der Waals surface area contributed by atoms with Gasteiger partial charge in [0.2, 0.25) is 10.7 Å². The van der Waals surface area contributed by atoms with Crippen LogP contribution in [0.15, 0.2) is 6.33 Å². The van der Waals surface area contributed by atoms with Crippen LogP contribution in [0.4, 0.5) is 5.95 Å². The molecule has 15 heavy (non-hydrogen) atoms. The van der Waals surface area contributed by atoms with Gasteiger partial charge in [-0.1, -0.05) is 6.92 Å². The first-order valence-corrected chi connectivity index (χ1v) is 5.38. The number of hydrogen-bond donors (Lipinski definition) is 1. The van der Waals surface area contributed by atoms with Crippen molar-refractivity contribution in [1.82, 2.24) is 14.5 Å². The van der Waals surface area contributed by atoms with Crippen molar-refractivity contribution in [2.45, 2.75) is 26.0 Å². The molecule has 1 saturated heterocycles. The molecule has 0 radical (unpaired) electrons. The van der Waals surface area contributed by atoms with E-state index in [2.05, 4.69) is 16.9 Å². The Morgan fingerprint density at radius 2 is 2.53 bits per heavy atom. The first-order valence-electron chi connectivity index (χ1n) is 4.97. The minimum Gasteiger partial charge on any atom is -0.376 e. The molecule has 2 heterocycles. The molecule has 1 aliphatic heterocycles. The summed E-state index contributed by atoms with van der Waals surface area (Å²) in [7, 11) is 0. The second-order valence-electron chi connectivity index (χ2n) is 3.82. The molecule has 0 amide bonds. The molecule has 2 N–H and O–H groups in total. The highest BCUT2D eigenvalue weighted by molar-refractivity contribution is 7.71. The first kappa shape index (κ1) is 10.5. The fourth-order valence-corrected chi connectivity index (χ4v) is 1.89. The normalized spacial score (nSPS) is 25.7. The molecule has 1 fully saturated rings. The number of aromatic nitrogens is 3. The third kappa shape index (κ3) is 2.32. The molecule has 2 rings (SSSR count). The number of ether oxygens (including phenoxy) is 1. The maximum absolute atomic E-state index is 5.60. The monoisotopic (exact) mass is 226 g/mol. The van der Waals surface area contributed by atoms with Gasteiger partial charge in [-0.2, -0.15) is 4.98 Å². The van der Waals surface area contributed by atoms with Crippen molar-refractivity contribution >= 4 is 18.2 Å². The van der Waals surface area contributed by atoms with Crippen molar-refractivity contribution in [1.29, 1.82) is 0 Å². The molecule has 82 valence electrons. The van der Waals surface area contributed by atoms with E-state index in [9.17, 15) is 0 Å². The zero-order chi connectivity index (χ0) is 10.8. The summed E-state index contributed by atoms with van der Waals surface area (Å²) < 4.78 is 7.87. The second-order valence-corrected chi connectivity index (χ2v) is 4.19. The van der Waals surface area contributed by atoms with Crippen molar-refractivity contribution in [2.24, 2.45) is 5.92 Å². The van der Waals surface area contributed by atoms with E-state index in [1.807, 2.05) is 0 Å². The van der Waals surface area contributed by atoms with E-state index in [0.717, 1.165) is 13.0 Å². The van der Waals surface area contributed by atoms with Gasteiger partial charge in [-0.05, 0) is 24.6 Å². The summed E-state index contributed by atoms with van der Waals surface area (Å²) in [6.45, 7) is 3.72. The third-order valence-electron chi connectivity index (χ3n) is 2.70. The molecule has 0 aliphatic carbocycles. The number of nitrogen functional groups attached to an aromatic ring is 1. The van der Waals surface area contributed by atoms with Gasteiger partial charge in [-0.25, -0.2) is 4.98 Å². The fraction of sp³-hybridized carbons (Fsp3) is 0.667. The number of hydrogen-bond acceptors (Lipinski definition) is 5. The summed E-state index contributed by atoms with van der Waals surface area (Å²) in [4.78, 5) is 7.84. The first-order chi connectivity index (χ1) is 7.16. The smallest absolute Gasteiger partial charge is 0.224 e. The van der Waals surface area contributed by atoms with Crippen LogP contribution in [0, 0.1) is 10.7 Å². The highest BCUT2D eigenvalue weighted by Gasteiger charge is 2.24. The summed E-state index contributed by atoms with van der Waals surface area (Å²) in [5.41, 5.74) is 5.43. The van der Waals surface area contributed by atoms with Gasteiger partial charge >= 0.3 is 0 Å². The Balaban J connectivity index is 2.14. The van der Waals surface area contributed by atoms with Crippen molar-refractivity contribution in [2.75, 3.05) is 12.3 Å². The predicted octanol–water partition coefficient (Wildman–Crippen LogP) is 1.01. The van der Waals surface area contributed by atoms with Gasteiger partial charge in [0.25, 0.3) is 0 Å². The maximum Gasteiger partial charge on any atom is 0.224 e. The molecule has 5 nitrogen and oxygen atoms in total. The van der Waals surface area contributed by atoms with Crippen LogP contribution >= 0.6 is 12.2 Å². The van der Waals surface area contributed by atoms with Gasteiger partial charge in [-0.3, -0.25) is 0 Å². The highest BCUT2D eigenvalue weighted by Crippen LogP contribution is 2.21. The summed E-state index contributed by atoms with van der Waals surface area (Å²) in [5, 5.41) is 0. The van der Waals surface area contributed by atoms with Gasteiger partial charge in [0.05, 0.1) is 12.6 Å². The minimum absolute atomic E-state index is 0.212. The second kappa shape index (κ2) is 4.24. The number of nitrogens with zero attached hydrogens (tertiary/aromatic N) is 3. The largest absolute Gasteiger partial charge is 0.376 e. The van der Waals surface area contributed by atoms with Crippen LogP contribution in [0.3, 0.4) is 0 Å². The highest BCUT2D eigenvalue weighted by atomic mass is 32.1. The Kier molecular flexibility index (Phi) is 2.97. The number of nitrogens with two attached hydrogens (primary N) is 1. The Morgan fingerprint density at radius 3 is 3.13 bits per heavy atom. The van der Waals surface area contributed by atoms with Gasteiger partial charge in [0, 0.05) is 6.61 Å². The van der Waals surface area contributed by atoms with Gasteiger partial charge in [0.15, 0.2) is 0 Å². The Bertz CT molecular complexity index is 405. The predicted molar refractivity (Wildman–Crippen MR) is 58.8 cm³/mol. The van der Waals surface area contributed by atoms with Crippen LogP contribution in [0.1, 0.15) is 13.3 Å². The molecule has 6 heteroatoms. The number of rotatable bonds is 2. The van der Waals surface area contributed by atoms with Crippen LogP contribution in [-0.4, -0.2) is 27.2 Å². The van der Waals surface area contributed by atoms with Gasteiger partial charge in [-0.15, -0.1) is 0 Å². The Labute approximate surface area is 93.3 Å². The molecule has 0 saturated carbocycles. The lowest BCUT2D eigenvalue weighted by Crippen LogP contribution is -2.22. The molecule has 1 aromatic heterocycles. The molecule has 1 aromatic rings. The van der Waals surface area contributed by atoms with E-state index in [1.54, 1.807) is 10.9 Å². The van der Waals surface area contributed by atoms with Gasteiger partial charge < -0.3 is 15.0 Å². The zero-order valence-electron chi connectivity index (χ0n) is 8.59. The fourth-order valence-electron chi connectivity index (χ4n) is 1.68.